The fourth-order valence-corrected chi connectivity index (χ4v) is 3.66. The van der Waals surface area contributed by atoms with Gasteiger partial charge in [0.25, 0.3) is 0 Å². The fourth-order valence-electron chi connectivity index (χ4n) is 2.62. The Labute approximate surface area is 177 Å². The van der Waals surface area contributed by atoms with Crippen LogP contribution in [0.25, 0.3) is 5.65 Å². The number of ether oxygens (including phenoxy) is 1. The summed E-state index contributed by atoms with van der Waals surface area (Å²) in [4.78, 5) is 25.1. The number of thioether (sulfide) groups is 1. The number of carbonyl (C=O) groups is 1. The Kier molecular flexibility index (Phi) is 5.90. The molecule has 0 bridgehead atoms. The molecule has 2 aromatic heterocycles. The number of aromatic nitrogens is 4. The number of hydrogen-bond acceptors (Lipinski definition) is 6. The summed E-state index contributed by atoms with van der Waals surface area (Å²) in [6.45, 7) is 7.75. The SMILES string of the molecule is COc1cc(Cl)c(C)cc1NC(=O)Cn1nc2ccc(SC(C)(C)C)nn2c1=O. The first-order chi connectivity index (χ1) is 13.6. The molecule has 154 valence electrons. The van der Waals surface area contributed by atoms with Crippen LogP contribution in [0.2, 0.25) is 5.02 Å². The molecule has 0 aliphatic carbocycles. The van der Waals surface area contributed by atoms with Crippen molar-refractivity contribution in [3.63, 3.8) is 0 Å². The minimum atomic E-state index is -0.481. The summed E-state index contributed by atoms with van der Waals surface area (Å²) in [6.07, 6.45) is 0. The second-order valence-electron chi connectivity index (χ2n) is 7.45. The standard InChI is InChI=1S/C19H22ClN5O3S/c1-11-8-13(14(28-5)9-12(11)20)21-16(26)10-24-18(27)25-15(22-24)6-7-17(23-25)29-19(2,3)4/h6-9H,10H2,1-5H3,(H,21,26). The maximum Gasteiger partial charge on any atom is 0.367 e. The van der Waals surface area contributed by atoms with Gasteiger partial charge in [0, 0.05) is 15.8 Å². The Morgan fingerprint density at radius 3 is 2.66 bits per heavy atom. The lowest BCUT2D eigenvalue weighted by atomic mass is 10.2. The second-order valence-corrected chi connectivity index (χ2v) is 9.70. The third-order valence-corrected chi connectivity index (χ3v) is 5.32. The van der Waals surface area contributed by atoms with Gasteiger partial charge in [-0.05, 0) is 30.7 Å². The van der Waals surface area contributed by atoms with Gasteiger partial charge in [0.05, 0.1) is 12.8 Å². The van der Waals surface area contributed by atoms with Crippen LogP contribution >= 0.6 is 23.4 Å². The number of carbonyl (C=O) groups excluding carboxylic acids is 1. The normalized spacial score (nSPS) is 11.7. The summed E-state index contributed by atoms with van der Waals surface area (Å²) in [5.41, 5.74) is 1.16. The maximum atomic E-state index is 12.6. The number of halogens is 1. The van der Waals surface area contributed by atoms with E-state index < -0.39 is 11.6 Å². The van der Waals surface area contributed by atoms with E-state index in [2.05, 4.69) is 36.3 Å². The molecule has 1 N–H and O–H groups in total. The number of anilines is 1. The molecule has 3 aromatic rings. The van der Waals surface area contributed by atoms with E-state index >= 15 is 0 Å². The number of nitrogens with zero attached hydrogens (tertiary/aromatic N) is 4. The number of fused-ring (bicyclic) bond motifs is 1. The highest BCUT2D eigenvalue weighted by Crippen LogP contribution is 2.31. The number of hydrogen-bond donors (Lipinski definition) is 1. The van der Waals surface area contributed by atoms with Gasteiger partial charge in [0.1, 0.15) is 17.3 Å². The van der Waals surface area contributed by atoms with Crippen molar-refractivity contribution in [2.24, 2.45) is 0 Å². The van der Waals surface area contributed by atoms with Crippen LogP contribution in [-0.2, 0) is 11.3 Å². The molecule has 0 unspecified atom stereocenters. The maximum absolute atomic E-state index is 12.6. The summed E-state index contributed by atoms with van der Waals surface area (Å²) in [5.74, 6) is 0.0154. The van der Waals surface area contributed by atoms with E-state index in [4.69, 9.17) is 16.3 Å². The summed E-state index contributed by atoms with van der Waals surface area (Å²) in [7, 11) is 1.49. The molecule has 8 nitrogen and oxygen atoms in total. The number of methoxy groups -OCH3 is 1. The molecular weight excluding hydrogens is 414 g/mol. The number of benzene rings is 1. The van der Waals surface area contributed by atoms with Crippen molar-refractivity contribution in [1.29, 1.82) is 0 Å². The van der Waals surface area contributed by atoms with E-state index in [1.807, 2.05) is 13.0 Å². The first-order valence-electron chi connectivity index (χ1n) is 8.87. The molecule has 2 heterocycles. The molecule has 0 aliphatic rings. The number of nitrogens with one attached hydrogen (secondary N) is 1. The van der Waals surface area contributed by atoms with Gasteiger partial charge in [-0.25, -0.2) is 9.48 Å². The van der Waals surface area contributed by atoms with Crippen molar-refractivity contribution in [1.82, 2.24) is 19.4 Å². The molecule has 0 fully saturated rings. The van der Waals surface area contributed by atoms with Crippen LogP contribution in [0.5, 0.6) is 5.75 Å². The largest absolute Gasteiger partial charge is 0.495 e. The fraction of sp³-hybridized carbons (Fsp3) is 0.368. The van der Waals surface area contributed by atoms with Gasteiger partial charge in [0.2, 0.25) is 5.91 Å². The van der Waals surface area contributed by atoms with Crippen molar-refractivity contribution in [2.45, 2.75) is 44.0 Å². The summed E-state index contributed by atoms with van der Waals surface area (Å²) < 4.78 is 7.50. The first-order valence-corrected chi connectivity index (χ1v) is 10.1. The summed E-state index contributed by atoms with van der Waals surface area (Å²) >= 11 is 7.63. The molecule has 1 aromatic carbocycles. The molecule has 0 radical (unpaired) electrons. The van der Waals surface area contributed by atoms with Crippen LogP contribution in [0.4, 0.5) is 5.69 Å². The Balaban J connectivity index is 1.83. The predicted octanol–water partition coefficient (Wildman–Crippen LogP) is 3.39. The predicted molar refractivity (Wildman–Crippen MR) is 114 cm³/mol. The van der Waals surface area contributed by atoms with Gasteiger partial charge in [0.15, 0.2) is 5.65 Å². The van der Waals surface area contributed by atoms with E-state index in [1.54, 1.807) is 30.0 Å². The van der Waals surface area contributed by atoms with Crippen molar-refractivity contribution in [3.05, 3.63) is 45.3 Å². The van der Waals surface area contributed by atoms with Gasteiger partial charge in [-0.15, -0.1) is 5.10 Å². The summed E-state index contributed by atoms with van der Waals surface area (Å²) in [6, 6.07) is 6.86. The first kappa shape index (κ1) is 21.2. The van der Waals surface area contributed by atoms with Crippen molar-refractivity contribution >= 4 is 40.6 Å². The van der Waals surface area contributed by atoms with Gasteiger partial charge in [-0.2, -0.15) is 9.61 Å². The lowest BCUT2D eigenvalue weighted by molar-refractivity contribution is -0.117. The molecule has 0 saturated carbocycles. The van der Waals surface area contributed by atoms with Crippen LogP contribution in [0, 0.1) is 6.92 Å². The van der Waals surface area contributed by atoms with Gasteiger partial charge in [-0.1, -0.05) is 44.1 Å². The van der Waals surface area contributed by atoms with Crippen molar-refractivity contribution in [2.75, 3.05) is 12.4 Å². The highest BCUT2D eigenvalue weighted by Gasteiger charge is 2.17. The highest BCUT2D eigenvalue weighted by atomic mass is 35.5. The molecule has 0 saturated heterocycles. The average Bonchev–Trinajstić information content (AvgIpc) is 2.92. The molecule has 0 aliphatic heterocycles. The van der Waals surface area contributed by atoms with Crippen LogP contribution in [0.3, 0.4) is 0 Å². The number of amides is 1. The van der Waals surface area contributed by atoms with E-state index in [9.17, 15) is 9.59 Å². The minimum Gasteiger partial charge on any atom is -0.495 e. The zero-order valence-corrected chi connectivity index (χ0v) is 18.4. The monoisotopic (exact) mass is 435 g/mol. The van der Waals surface area contributed by atoms with E-state index in [-0.39, 0.29) is 11.3 Å². The van der Waals surface area contributed by atoms with Crippen LogP contribution < -0.4 is 15.7 Å². The van der Waals surface area contributed by atoms with Crippen LogP contribution in [0.1, 0.15) is 26.3 Å². The molecule has 3 rings (SSSR count). The van der Waals surface area contributed by atoms with E-state index in [0.29, 0.717) is 27.1 Å². The van der Waals surface area contributed by atoms with Gasteiger partial charge in [-0.3, -0.25) is 4.79 Å². The van der Waals surface area contributed by atoms with Crippen LogP contribution in [-0.4, -0.2) is 37.2 Å². The highest BCUT2D eigenvalue weighted by molar-refractivity contribution is 8.00. The minimum absolute atomic E-state index is 0.0457. The molecule has 29 heavy (non-hydrogen) atoms. The lowest BCUT2D eigenvalue weighted by Gasteiger charge is -2.16. The topological polar surface area (TPSA) is 90.5 Å². The molecule has 1 amide bonds. The van der Waals surface area contributed by atoms with Crippen molar-refractivity contribution in [3.8, 4) is 5.75 Å². The zero-order chi connectivity index (χ0) is 21.3. The Bertz CT molecular complexity index is 1130. The Hall–Kier alpha value is -2.52. The molecule has 0 atom stereocenters. The average molecular weight is 436 g/mol. The smallest absolute Gasteiger partial charge is 0.367 e. The third-order valence-electron chi connectivity index (χ3n) is 3.87. The van der Waals surface area contributed by atoms with Gasteiger partial charge >= 0.3 is 5.69 Å². The zero-order valence-electron chi connectivity index (χ0n) is 16.8. The quantitative estimate of drug-likeness (QED) is 0.618. The summed E-state index contributed by atoms with van der Waals surface area (Å²) in [5, 5.41) is 12.5. The van der Waals surface area contributed by atoms with Gasteiger partial charge < -0.3 is 10.1 Å². The second kappa shape index (κ2) is 8.08. The number of rotatable bonds is 5. The molecule has 10 heteroatoms. The third kappa shape index (κ3) is 4.91. The Morgan fingerprint density at radius 2 is 2.00 bits per heavy atom. The number of aryl methyl sites for hydroxylation is 1. The van der Waals surface area contributed by atoms with Crippen LogP contribution in [0.15, 0.2) is 34.1 Å². The Morgan fingerprint density at radius 1 is 1.28 bits per heavy atom. The molecule has 0 spiro atoms. The van der Waals surface area contributed by atoms with E-state index in [0.717, 1.165) is 10.2 Å². The molecular formula is C19H22ClN5O3S. The van der Waals surface area contributed by atoms with Crippen molar-refractivity contribution < 1.29 is 9.53 Å². The lowest BCUT2D eigenvalue weighted by Crippen LogP contribution is -2.29. The van der Waals surface area contributed by atoms with E-state index in [1.165, 1.54) is 11.6 Å².